The van der Waals surface area contributed by atoms with E-state index in [1.165, 1.54) is 6.07 Å². The molecule has 0 aliphatic heterocycles. The van der Waals surface area contributed by atoms with Crippen LogP contribution < -0.4 is 0 Å². The predicted molar refractivity (Wildman–Crippen MR) is 71.3 cm³/mol. The molecule has 0 aliphatic carbocycles. The number of hydrogen-bond donors (Lipinski definition) is 0. The van der Waals surface area contributed by atoms with Gasteiger partial charge in [0.2, 0.25) is 10.0 Å². The zero-order valence-electron chi connectivity index (χ0n) is 11.3. The molecule has 0 fully saturated rings. The van der Waals surface area contributed by atoms with Crippen LogP contribution in [0.2, 0.25) is 0 Å². The minimum absolute atomic E-state index is 0.0949. The molecular weight excluding hydrogens is 315 g/mol. The van der Waals surface area contributed by atoms with Crippen LogP contribution in [0.25, 0.3) is 0 Å². The minimum atomic E-state index is -4.59. The second kappa shape index (κ2) is 5.91. The highest BCUT2D eigenvalue weighted by Crippen LogP contribution is 2.26. The topological polar surface area (TPSA) is 37.4 Å². The van der Waals surface area contributed by atoms with Gasteiger partial charge in [-0.15, -0.1) is 11.6 Å². The van der Waals surface area contributed by atoms with Crippen molar-refractivity contribution in [2.45, 2.75) is 30.8 Å². The third-order valence-corrected chi connectivity index (χ3v) is 5.10. The molecule has 0 amide bonds. The maximum Gasteiger partial charge on any atom is 0.402 e. The molecule has 1 aromatic rings. The molecular formula is C12H15ClF3NO2S. The van der Waals surface area contributed by atoms with Crippen LogP contribution in [0.5, 0.6) is 0 Å². The summed E-state index contributed by atoms with van der Waals surface area (Å²) in [5, 5.41) is 0. The van der Waals surface area contributed by atoms with Gasteiger partial charge in [-0.2, -0.15) is 17.5 Å². The summed E-state index contributed by atoms with van der Waals surface area (Å²) in [4.78, 5) is -0.148. The maximum absolute atomic E-state index is 12.3. The van der Waals surface area contributed by atoms with Crippen LogP contribution in [-0.2, 0) is 15.9 Å². The largest absolute Gasteiger partial charge is 0.402 e. The second-order valence-electron chi connectivity index (χ2n) is 4.55. The van der Waals surface area contributed by atoms with Gasteiger partial charge in [0.15, 0.2) is 0 Å². The highest BCUT2D eigenvalue weighted by Gasteiger charge is 2.35. The number of hydrogen-bond acceptors (Lipinski definition) is 2. The third-order valence-electron chi connectivity index (χ3n) is 2.87. The number of sulfonamides is 1. The number of rotatable bonds is 4. The van der Waals surface area contributed by atoms with Gasteiger partial charge in [0.05, 0.1) is 4.90 Å². The van der Waals surface area contributed by atoms with Gasteiger partial charge in [-0.3, -0.25) is 0 Å². The lowest BCUT2D eigenvalue weighted by atomic mass is 10.1. The number of halogens is 4. The van der Waals surface area contributed by atoms with E-state index in [0.717, 1.165) is 12.6 Å². The van der Waals surface area contributed by atoms with Gasteiger partial charge >= 0.3 is 6.18 Å². The van der Waals surface area contributed by atoms with E-state index in [4.69, 9.17) is 11.6 Å². The first kappa shape index (κ1) is 17.3. The number of nitrogens with zero attached hydrogens (tertiary/aromatic N) is 1. The summed E-state index contributed by atoms with van der Waals surface area (Å²) in [5.41, 5.74) is 1.77. The molecule has 8 heteroatoms. The average Bonchev–Trinajstić information content (AvgIpc) is 2.26. The van der Waals surface area contributed by atoms with E-state index in [0.29, 0.717) is 15.4 Å². The van der Waals surface area contributed by atoms with Gasteiger partial charge in [0.25, 0.3) is 0 Å². The van der Waals surface area contributed by atoms with E-state index in [9.17, 15) is 21.6 Å². The fourth-order valence-corrected chi connectivity index (χ4v) is 3.50. The van der Waals surface area contributed by atoms with Crippen LogP contribution in [0.1, 0.15) is 16.7 Å². The number of aryl methyl sites for hydroxylation is 2. The highest BCUT2D eigenvalue weighted by molar-refractivity contribution is 7.89. The smallest absolute Gasteiger partial charge is 0.207 e. The van der Waals surface area contributed by atoms with Crippen LogP contribution in [-0.4, -0.2) is 32.5 Å². The van der Waals surface area contributed by atoms with Crippen molar-refractivity contribution in [3.63, 3.8) is 0 Å². The monoisotopic (exact) mass is 329 g/mol. The molecule has 0 saturated carbocycles. The fraction of sp³-hybridized carbons (Fsp3) is 0.500. The summed E-state index contributed by atoms with van der Waals surface area (Å²) in [6.07, 6.45) is -4.59. The molecule has 0 aliphatic rings. The molecule has 1 aromatic carbocycles. The van der Waals surface area contributed by atoms with E-state index in [1.54, 1.807) is 19.9 Å². The summed E-state index contributed by atoms with van der Waals surface area (Å²) >= 11 is 5.70. The normalized spacial score (nSPS) is 13.0. The lowest BCUT2D eigenvalue weighted by molar-refractivity contribution is -0.134. The Bertz CT molecular complexity index is 599. The van der Waals surface area contributed by atoms with Gasteiger partial charge in [0.1, 0.15) is 6.54 Å². The van der Waals surface area contributed by atoms with E-state index < -0.39 is 22.7 Å². The molecule has 0 bridgehead atoms. The van der Waals surface area contributed by atoms with E-state index >= 15 is 0 Å². The van der Waals surface area contributed by atoms with Gasteiger partial charge in [-0.05, 0) is 36.6 Å². The first-order valence-corrected chi connectivity index (χ1v) is 7.65. The Morgan fingerprint density at radius 2 is 1.75 bits per heavy atom. The van der Waals surface area contributed by atoms with Gasteiger partial charge in [-0.25, -0.2) is 8.42 Å². The minimum Gasteiger partial charge on any atom is -0.207 e. The molecule has 0 radical (unpaired) electrons. The molecule has 20 heavy (non-hydrogen) atoms. The van der Waals surface area contributed by atoms with Crippen molar-refractivity contribution >= 4 is 21.6 Å². The molecule has 114 valence electrons. The van der Waals surface area contributed by atoms with Crippen molar-refractivity contribution in [2.24, 2.45) is 0 Å². The van der Waals surface area contributed by atoms with Crippen LogP contribution in [0.15, 0.2) is 17.0 Å². The average molecular weight is 330 g/mol. The summed E-state index contributed by atoms with van der Waals surface area (Å²) in [6, 6.07) is 2.94. The Morgan fingerprint density at radius 3 is 2.20 bits per heavy atom. The fourth-order valence-electron chi connectivity index (χ4n) is 1.80. The number of benzene rings is 1. The standard InChI is InChI=1S/C12H15ClF3NO2S/c1-8-4-9(2)11(5-10(8)6-13)20(18,19)17(3)7-12(14,15)16/h4-5H,6-7H2,1-3H3. The zero-order valence-corrected chi connectivity index (χ0v) is 12.8. The first-order valence-electron chi connectivity index (χ1n) is 5.68. The highest BCUT2D eigenvalue weighted by atomic mass is 35.5. The molecule has 3 nitrogen and oxygen atoms in total. The molecule has 0 atom stereocenters. The SMILES string of the molecule is Cc1cc(C)c(S(=O)(=O)N(C)CC(F)(F)F)cc1CCl. The molecule has 0 heterocycles. The number of alkyl halides is 4. The van der Waals surface area contributed by atoms with E-state index in [1.807, 2.05) is 0 Å². The van der Waals surface area contributed by atoms with Gasteiger partial charge in [0, 0.05) is 12.9 Å². The quantitative estimate of drug-likeness (QED) is 0.795. The molecule has 0 saturated heterocycles. The van der Waals surface area contributed by atoms with Crippen molar-refractivity contribution in [2.75, 3.05) is 13.6 Å². The van der Waals surface area contributed by atoms with Crippen molar-refractivity contribution in [1.29, 1.82) is 0 Å². The van der Waals surface area contributed by atoms with Crippen LogP contribution in [0, 0.1) is 13.8 Å². The Labute approximate surface area is 121 Å². The molecule has 0 aromatic heterocycles. The lowest BCUT2D eigenvalue weighted by Crippen LogP contribution is -2.36. The lowest BCUT2D eigenvalue weighted by Gasteiger charge is -2.20. The summed E-state index contributed by atoms with van der Waals surface area (Å²) < 4.78 is 61.7. The first-order chi connectivity index (χ1) is 8.99. The molecule has 0 N–H and O–H groups in total. The summed E-state index contributed by atoms with van der Waals surface area (Å²) in [5.74, 6) is 0.0949. The van der Waals surface area contributed by atoms with Gasteiger partial charge < -0.3 is 0 Å². The molecule has 0 spiro atoms. The third kappa shape index (κ3) is 3.86. The Kier molecular flexibility index (Phi) is 5.10. The van der Waals surface area contributed by atoms with Crippen LogP contribution >= 0.6 is 11.6 Å². The Morgan fingerprint density at radius 1 is 1.20 bits per heavy atom. The Balaban J connectivity index is 3.29. The summed E-state index contributed by atoms with van der Waals surface area (Å²) in [7, 11) is -3.29. The van der Waals surface area contributed by atoms with Crippen molar-refractivity contribution in [1.82, 2.24) is 4.31 Å². The van der Waals surface area contributed by atoms with Crippen LogP contribution in [0.4, 0.5) is 13.2 Å². The summed E-state index contributed by atoms with van der Waals surface area (Å²) in [6.45, 7) is 1.78. The molecule has 0 unspecified atom stereocenters. The Hall–Kier alpha value is -0.790. The molecule has 1 rings (SSSR count). The van der Waals surface area contributed by atoms with Crippen molar-refractivity contribution in [3.05, 3.63) is 28.8 Å². The maximum atomic E-state index is 12.3. The van der Waals surface area contributed by atoms with Crippen LogP contribution in [0.3, 0.4) is 0 Å². The van der Waals surface area contributed by atoms with Gasteiger partial charge in [-0.1, -0.05) is 6.07 Å². The van der Waals surface area contributed by atoms with E-state index in [-0.39, 0.29) is 10.8 Å². The van der Waals surface area contributed by atoms with Crippen molar-refractivity contribution < 1.29 is 21.6 Å². The second-order valence-corrected chi connectivity index (χ2v) is 6.83. The predicted octanol–water partition coefficient (Wildman–Crippen LogP) is 3.23. The zero-order chi connectivity index (χ0) is 15.7. The van der Waals surface area contributed by atoms with E-state index in [2.05, 4.69) is 0 Å². The van der Waals surface area contributed by atoms with Crippen molar-refractivity contribution in [3.8, 4) is 0 Å².